The summed E-state index contributed by atoms with van der Waals surface area (Å²) in [5, 5.41) is 12.1. The Bertz CT molecular complexity index is 1300. The fourth-order valence-corrected chi connectivity index (χ4v) is 5.05. The Morgan fingerprint density at radius 1 is 1.16 bits per heavy atom. The predicted molar refractivity (Wildman–Crippen MR) is 128 cm³/mol. The van der Waals surface area contributed by atoms with E-state index < -0.39 is 20.6 Å². The quantitative estimate of drug-likeness (QED) is 0.389. The highest BCUT2D eigenvalue weighted by Crippen LogP contribution is 2.34. The maximum Gasteiger partial charge on any atom is 0.270 e. The Hall–Kier alpha value is -3.26. The number of nitriles is 1. The van der Waals surface area contributed by atoms with Gasteiger partial charge >= 0.3 is 0 Å². The number of aryl methyl sites for hydroxylation is 1. The van der Waals surface area contributed by atoms with Gasteiger partial charge in [0.15, 0.2) is 9.23 Å². The number of hydrogen-bond acceptors (Lipinski definition) is 7. The Morgan fingerprint density at radius 3 is 2.34 bits per heavy atom. The fourth-order valence-electron chi connectivity index (χ4n) is 2.73. The van der Waals surface area contributed by atoms with Crippen molar-refractivity contribution < 1.29 is 18.0 Å². The molecule has 0 saturated carbocycles. The van der Waals surface area contributed by atoms with Crippen LogP contribution in [0, 0.1) is 18.3 Å². The van der Waals surface area contributed by atoms with E-state index >= 15 is 0 Å². The molecule has 2 amide bonds. The van der Waals surface area contributed by atoms with Crippen molar-refractivity contribution in [2.75, 3.05) is 5.32 Å². The van der Waals surface area contributed by atoms with Gasteiger partial charge in [-0.2, -0.15) is 5.26 Å². The Morgan fingerprint density at radius 2 is 1.78 bits per heavy atom. The molecule has 2 aromatic carbocycles. The number of thiocarbonyl (C=S) groups is 1. The van der Waals surface area contributed by atoms with Gasteiger partial charge < -0.3 is 5.32 Å². The monoisotopic (exact) mass is 483 g/mol. The van der Waals surface area contributed by atoms with Crippen LogP contribution in [0.15, 0.2) is 69.4 Å². The zero-order valence-corrected chi connectivity index (χ0v) is 19.5. The summed E-state index contributed by atoms with van der Waals surface area (Å²) in [7, 11) is -4.11. The van der Waals surface area contributed by atoms with Crippen LogP contribution in [0.5, 0.6) is 0 Å². The summed E-state index contributed by atoms with van der Waals surface area (Å²) < 4.78 is 25.8. The number of benzene rings is 2. The largest absolute Gasteiger partial charge is 0.326 e. The third-order valence-corrected chi connectivity index (χ3v) is 7.33. The molecule has 162 valence electrons. The molecule has 1 saturated heterocycles. The summed E-state index contributed by atoms with van der Waals surface area (Å²) in [6.45, 7) is 3.22. The molecule has 0 bridgehead atoms. The van der Waals surface area contributed by atoms with Gasteiger partial charge in [-0.1, -0.05) is 53.8 Å². The van der Waals surface area contributed by atoms with E-state index in [1.165, 1.54) is 19.1 Å². The molecule has 0 atom stereocenters. The summed E-state index contributed by atoms with van der Waals surface area (Å²) >= 11 is 6.24. The first kappa shape index (κ1) is 23.4. The molecule has 0 aliphatic carbocycles. The highest BCUT2D eigenvalue weighted by molar-refractivity contribution is 8.26. The number of carbonyl (C=O) groups excluding carboxylic acids is 2. The molecule has 10 heteroatoms. The molecule has 0 unspecified atom stereocenters. The summed E-state index contributed by atoms with van der Waals surface area (Å²) in [5.41, 5.74) is 2.18. The second-order valence-electron chi connectivity index (χ2n) is 6.78. The first-order valence-corrected chi connectivity index (χ1v) is 11.9. The number of hydrogen-bond donors (Lipinski definition) is 1. The molecule has 0 spiro atoms. The second-order valence-corrected chi connectivity index (χ2v) is 10.4. The SMILES string of the molecule is CC(=O)Nc1ccc(/C=C2/SC(=S)N(/C=C(/C#N)S(=O)(=O)c3ccc(C)cc3)C2=O)cc1. The molecule has 7 nitrogen and oxygen atoms in total. The van der Waals surface area contributed by atoms with Crippen LogP contribution in [0.25, 0.3) is 6.08 Å². The van der Waals surface area contributed by atoms with Crippen molar-refractivity contribution in [3.63, 3.8) is 0 Å². The first-order chi connectivity index (χ1) is 15.1. The van der Waals surface area contributed by atoms with E-state index in [0.717, 1.165) is 28.4 Å². The van der Waals surface area contributed by atoms with Crippen molar-refractivity contribution in [2.24, 2.45) is 0 Å². The molecule has 32 heavy (non-hydrogen) atoms. The number of nitrogens with zero attached hydrogens (tertiary/aromatic N) is 2. The Balaban J connectivity index is 1.88. The van der Waals surface area contributed by atoms with Gasteiger partial charge in [-0.15, -0.1) is 0 Å². The first-order valence-electron chi connectivity index (χ1n) is 9.20. The smallest absolute Gasteiger partial charge is 0.270 e. The lowest BCUT2D eigenvalue weighted by Crippen LogP contribution is -2.23. The molecule has 1 aliphatic rings. The zero-order valence-electron chi connectivity index (χ0n) is 17.0. The molecule has 2 aromatic rings. The van der Waals surface area contributed by atoms with Crippen LogP contribution < -0.4 is 5.32 Å². The summed E-state index contributed by atoms with van der Waals surface area (Å²) in [6, 6.07) is 14.6. The van der Waals surface area contributed by atoms with Crippen LogP contribution in [0.1, 0.15) is 18.1 Å². The number of thioether (sulfide) groups is 1. The van der Waals surface area contributed by atoms with Crippen LogP contribution in [-0.2, 0) is 19.4 Å². The molecule has 0 radical (unpaired) electrons. The van der Waals surface area contributed by atoms with Crippen LogP contribution in [-0.4, -0.2) is 29.5 Å². The number of carbonyl (C=O) groups is 2. The van der Waals surface area contributed by atoms with Crippen molar-refractivity contribution >= 4 is 61.7 Å². The van der Waals surface area contributed by atoms with E-state index in [0.29, 0.717) is 11.3 Å². The maximum atomic E-state index is 12.8. The Kier molecular flexibility index (Phi) is 6.93. The van der Waals surface area contributed by atoms with Crippen molar-refractivity contribution in [1.82, 2.24) is 4.90 Å². The van der Waals surface area contributed by atoms with Crippen molar-refractivity contribution in [1.29, 1.82) is 5.26 Å². The van der Waals surface area contributed by atoms with Gasteiger partial charge in [0.2, 0.25) is 15.7 Å². The van der Waals surface area contributed by atoms with Gasteiger partial charge in [0, 0.05) is 18.8 Å². The molecule has 1 N–H and O–H groups in total. The van der Waals surface area contributed by atoms with Gasteiger partial charge in [-0.05, 0) is 42.8 Å². The lowest BCUT2D eigenvalue weighted by atomic mass is 10.2. The average molecular weight is 484 g/mol. The van der Waals surface area contributed by atoms with Gasteiger partial charge in [0.1, 0.15) is 6.07 Å². The van der Waals surface area contributed by atoms with Gasteiger partial charge in [-0.3, -0.25) is 14.5 Å². The topological polar surface area (TPSA) is 107 Å². The number of sulfone groups is 1. The van der Waals surface area contributed by atoms with Crippen molar-refractivity contribution in [3.8, 4) is 6.07 Å². The third-order valence-electron chi connectivity index (χ3n) is 4.33. The second kappa shape index (κ2) is 9.48. The molecule has 1 fully saturated rings. The summed E-state index contributed by atoms with van der Waals surface area (Å²) in [6.07, 6.45) is 2.57. The van der Waals surface area contributed by atoms with Gasteiger partial charge in [0.25, 0.3) is 5.91 Å². The summed E-state index contributed by atoms with van der Waals surface area (Å²) in [5.74, 6) is -0.725. The lowest BCUT2D eigenvalue weighted by Gasteiger charge is -2.10. The number of allylic oxidation sites excluding steroid dienone is 1. The van der Waals surface area contributed by atoms with Gasteiger partial charge in [0.05, 0.1) is 9.80 Å². The number of anilines is 1. The van der Waals surface area contributed by atoms with E-state index in [1.807, 2.05) is 6.92 Å². The van der Waals surface area contributed by atoms with Gasteiger partial charge in [-0.25, -0.2) is 8.42 Å². The van der Waals surface area contributed by atoms with Crippen molar-refractivity contribution in [2.45, 2.75) is 18.7 Å². The van der Waals surface area contributed by atoms with E-state index in [1.54, 1.807) is 48.5 Å². The van der Waals surface area contributed by atoms with Crippen LogP contribution in [0.4, 0.5) is 5.69 Å². The van der Waals surface area contributed by atoms with E-state index in [9.17, 15) is 23.3 Å². The third kappa shape index (κ3) is 5.13. The molecule has 1 heterocycles. The molecule has 3 rings (SSSR count). The standard InChI is InChI=1S/C22H17N3O4S3/c1-14-3-9-18(10-4-14)32(28,29)19(12-23)13-25-21(27)20(31-22(25)30)11-16-5-7-17(8-6-16)24-15(2)26/h3-11,13H,1-2H3,(H,24,26)/b19-13-,20-11+. The number of rotatable bonds is 5. The minimum Gasteiger partial charge on any atom is -0.326 e. The minimum absolute atomic E-state index is 0.0452. The Labute approximate surface area is 195 Å². The zero-order chi connectivity index (χ0) is 23.5. The summed E-state index contributed by atoms with van der Waals surface area (Å²) in [4.78, 5) is 24.6. The molecule has 1 aliphatic heterocycles. The predicted octanol–water partition coefficient (Wildman–Crippen LogP) is 3.99. The maximum absolute atomic E-state index is 12.8. The van der Waals surface area contributed by atoms with Crippen LogP contribution in [0.3, 0.4) is 0 Å². The molecule has 0 aromatic heterocycles. The van der Waals surface area contributed by atoms with E-state index in [4.69, 9.17) is 12.2 Å². The fraction of sp³-hybridized carbons (Fsp3) is 0.0909. The van der Waals surface area contributed by atoms with Crippen LogP contribution >= 0.6 is 24.0 Å². The normalized spacial score (nSPS) is 15.7. The van der Waals surface area contributed by atoms with Crippen LogP contribution in [0.2, 0.25) is 0 Å². The highest BCUT2D eigenvalue weighted by atomic mass is 32.2. The molecular weight excluding hydrogens is 466 g/mol. The molecular formula is C22H17N3O4S3. The lowest BCUT2D eigenvalue weighted by molar-refractivity contribution is -0.120. The van der Waals surface area contributed by atoms with E-state index in [2.05, 4.69) is 5.32 Å². The number of nitrogens with one attached hydrogen (secondary N) is 1. The van der Waals surface area contributed by atoms with Crippen molar-refractivity contribution in [3.05, 3.63) is 75.7 Å². The average Bonchev–Trinajstić information content (AvgIpc) is 3.00. The number of amides is 2. The minimum atomic E-state index is -4.11. The van der Waals surface area contributed by atoms with E-state index in [-0.39, 0.29) is 20.0 Å². The highest BCUT2D eigenvalue weighted by Gasteiger charge is 2.33.